The van der Waals surface area contributed by atoms with Gasteiger partial charge in [0, 0.05) is 10.6 Å². The molecule has 0 spiro atoms. The van der Waals surface area contributed by atoms with Crippen LogP contribution in [-0.2, 0) is 10.7 Å². The van der Waals surface area contributed by atoms with Gasteiger partial charge in [-0.25, -0.2) is 0 Å². The molecule has 12 heavy (non-hydrogen) atoms. The molecule has 66 valence electrons. The molecule has 0 aliphatic carbocycles. The first-order valence-corrected chi connectivity index (χ1v) is 7.34. The summed E-state index contributed by atoms with van der Waals surface area (Å²) in [5.74, 6) is 0. The van der Waals surface area contributed by atoms with Crippen LogP contribution in [0.25, 0.3) is 0 Å². The maximum atomic E-state index is 11.5. The van der Waals surface area contributed by atoms with Crippen LogP contribution >= 0.6 is 23.1 Å². The highest BCUT2D eigenvalue weighted by Gasteiger charge is 2.07. The third kappa shape index (κ3) is 3.55. The number of hydrogen-bond acceptors (Lipinski definition) is 1. The quantitative estimate of drug-likeness (QED) is 0.730. The van der Waals surface area contributed by atoms with Crippen molar-refractivity contribution in [2.45, 2.75) is 6.16 Å². The van der Waals surface area contributed by atoms with E-state index in [1.54, 1.807) is 0 Å². The third-order valence-electron chi connectivity index (χ3n) is 1.48. The maximum Gasteiger partial charge on any atom is 0.0861 e. The van der Waals surface area contributed by atoms with Crippen LogP contribution in [0.15, 0.2) is 28.7 Å². The second kappa shape index (κ2) is 3.76. The number of halogens is 1. The van der Waals surface area contributed by atoms with Crippen LogP contribution in [-0.4, -0.2) is 13.3 Å². The van der Waals surface area contributed by atoms with Crippen molar-refractivity contribution in [3.8, 4) is 0 Å². The standard InChI is InChI=1S/C9H12BrOP/c1-12(2,11)7-8-3-5-9(10)6-4-8/h3-6H,7H2,1-2H3. The van der Waals surface area contributed by atoms with E-state index >= 15 is 0 Å². The molecule has 0 aromatic heterocycles. The lowest BCUT2D eigenvalue weighted by atomic mass is 10.2. The van der Waals surface area contributed by atoms with E-state index in [1.807, 2.05) is 37.6 Å². The molecular weight excluding hydrogens is 235 g/mol. The average molecular weight is 247 g/mol. The molecule has 0 saturated heterocycles. The number of hydrogen-bond donors (Lipinski definition) is 0. The summed E-state index contributed by atoms with van der Waals surface area (Å²) in [6, 6.07) is 7.96. The molecule has 0 radical (unpaired) electrons. The molecule has 3 heteroatoms. The van der Waals surface area contributed by atoms with Crippen molar-refractivity contribution < 1.29 is 4.57 Å². The van der Waals surface area contributed by atoms with Crippen molar-refractivity contribution in [1.29, 1.82) is 0 Å². The van der Waals surface area contributed by atoms with Crippen LogP contribution in [0.2, 0.25) is 0 Å². The molecule has 0 aliphatic rings. The Bertz CT molecular complexity index is 299. The Morgan fingerprint density at radius 1 is 1.25 bits per heavy atom. The lowest BCUT2D eigenvalue weighted by Gasteiger charge is -2.05. The molecule has 0 N–H and O–H groups in total. The van der Waals surface area contributed by atoms with E-state index in [0.717, 1.165) is 10.0 Å². The summed E-state index contributed by atoms with van der Waals surface area (Å²) in [6.07, 6.45) is 0.695. The van der Waals surface area contributed by atoms with Crippen LogP contribution in [0.3, 0.4) is 0 Å². The Labute approximate surface area is 81.7 Å². The molecule has 0 atom stereocenters. The predicted octanol–water partition coefficient (Wildman–Crippen LogP) is 3.57. The summed E-state index contributed by atoms with van der Waals surface area (Å²) in [7, 11) is -1.92. The highest BCUT2D eigenvalue weighted by molar-refractivity contribution is 9.10. The molecule has 0 aliphatic heterocycles. The molecule has 0 fully saturated rings. The fraction of sp³-hybridized carbons (Fsp3) is 0.333. The lowest BCUT2D eigenvalue weighted by molar-refractivity contribution is 0.582. The summed E-state index contributed by atoms with van der Waals surface area (Å²) < 4.78 is 12.5. The highest BCUT2D eigenvalue weighted by atomic mass is 79.9. The van der Waals surface area contributed by atoms with E-state index < -0.39 is 7.14 Å². The zero-order chi connectivity index (χ0) is 9.19. The molecule has 0 saturated carbocycles. The van der Waals surface area contributed by atoms with Gasteiger partial charge in [-0.1, -0.05) is 28.1 Å². The molecule has 1 aromatic carbocycles. The summed E-state index contributed by atoms with van der Waals surface area (Å²) in [6.45, 7) is 3.63. The van der Waals surface area contributed by atoms with E-state index in [9.17, 15) is 4.57 Å². The van der Waals surface area contributed by atoms with Crippen molar-refractivity contribution in [3.05, 3.63) is 34.3 Å². The van der Waals surface area contributed by atoms with Gasteiger partial charge < -0.3 is 4.57 Å². The first-order valence-electron chi connectivity index (χ1n) is 3.76. The highest BCUT2D eigenvalue weighted by Crippen LogP contribution is 2.40. The summed E-state index contributed by atoms with van der Waals surface area (Å²) in [4.78, 5) is 0. The molecule has 1 rings (SSSR count). The van der Waals surface area contributed by atoms with Crippen LogP contribution in [0.5, 0.6) is 0 Å². The second-order valence-electron chi connectivity index (χ2n) is 3.36. The monoisotopic (exact) mass is 246 g/mol. The van der Waals surface area contributed by atoms with Gasteiger partial charge in [0.15, 0.2) is 0 Å². The molecule has 1 nitrogen and oxygen atoms in total. The third-order valence-corrected chi connectivity index (χ3v) is 3.13. The maximum absolute atomic E-state index is 11.5. The van der Waals surface area contributed by atoms with Gasteiger partial charge in [-0.15, -0.1) is 0 Å². The Hall–Kier alpha value is -0.0700. The van der Waals surface area contributed by atoms with Crippen molar-refractivity contribution in [1.82, 2.24) is 0 Å². The fourth-order valence-corrected chi connectivity index (χ4v) is 2.38. The Kier molecular flexibility index (Phi) is 3.14. The van der Waals surface area contributed by atoms with Crippen molar-refractivity contribution in [3.63, 3.8) is 0 Å². The van der Waals surface area contributed by atoms with Gasteiger partial charge in [0.05, 0.1) is 7.14 Å². The van der Waals surface area contributed by atoms with Crippen molar-refractivity contribution in [2.75, 3.05) is 13.3 Å². The van der Waals surface area contributed by atoms with E-state index in [0.29, 0.717) is 6.16 Å². The molecule has 0 amide bonds. The van der Waals surface area contributed by atoms with Crippen LogP contribution in [0.4, 0.5) is 0 Å². The zero-order valence-electron chi connectivity index (χ0n) is 7.25. The molecule has 0 unspecified atom stereocenters. The van der Waals surface area contributed by atoms with Gasteiger partial charge in [-0.3, -0.25) is 0 Å². The van der Waals surface area contributed by atoms with Gasteiger partial charge in [0.2, 0.25) is 0 Å². The minimum atomic E-state index is -1.92. The summed E-state index contributed by atoms with van der Waals surface area (Å²) >= 11 is 3.36. The van der Waals surface area contributed by atoms with E-state index in [4.69, 9.17) is 0 Å². The molecule has 0 heterocycles. The molecular formula is C9H12BrOP. The summed E-state index contributed by atoms with van der Waals surface area (Å²) in [5, 5.41) is 0. The van der Waals surface area contributed by atoms with E-state index in [2.05, 4.69) is 15.9 Å². The van der Waals surface area contributed by atoms with Gasteiger partial charge in [0.25, 0.3) is 0 Å². The number of rotatable bonds is 2. The zero-order valence-corrected chi connectivity index (χ0v) is 9.73. The second-order valence-corrected chi connectivity index (χ2v) is 7.74. The van der Waals surface area contributed by atoms with Crippen molar-refractivity contribution in [2.24, 2.45) is 0 Å². The minimum absolute atomic E-state index is 0.695. The SMILES string of the molecule is CP(C)(=O)Cc1ccc(Br)cc1. The fourth-order valence-electron chi connectivity index (χ4n) is 1.03. The minimum Gasteiger partial charge on any atom is -0.324 e. The van der Waals surface area contributed by atoms with Crippen LogP contribution < -0.4 is 0 Å². The first kappa shape index (κ1) is 10.0. The normalized spacial score (nSPS) is 11.6. The smallest absolute Gasteiger partial charge is 0.0861 e. The van der Waals surface area contributed by atoms with Crippen LogP contribution in [0, 0.1) is 0 Å². The predicted molar refractivity (Wildman–Crippen MR) is 57.3 cm³/mol. The molecule has 0 bridgehead atoms. The van der Waals surface area contributed by atoms with E-state index in [1.165, 1.54) is 0 Å². The topological polar surface area (TPSA) is 17.1 Å². The Morgan fingerprint density at radius 2 is 1.75 bits per heavy atom. The van der Waals surface area contributed by atoms with Gasteiger partial charge in [-0.05, 0) is 31.0 Å². The average Bonchev–Trinajstić information content (AvgIpc) is 1.91. The molecule has 1 aromatic rings. The van der Waals surface area contributed by atoms with Gasteiger partial charge in [-0.2, -0.15) is 0 Å². The van der Waals surface area contributed by atoms with Crippen molar-refractivity contribution >= 4 is 23.1 Å². The van der Waals surface area contributed by atoms with Crippen LogP contribution in [0.1, 0.15) is 5.56 Å². The largest absolute Gasteiger partial charge is 0.324 e. The Balaban J connectivity index is 2.78. The summed E-state index contributed by atoms with van der Waals surface area (Å²) in [5.41, 5.74) is 1.14. The van der Waals surface area contributed by atoms with Gasteiger partial charge >= 0.3 is 0 Å². The van der Waals surface area contributed by atoms with Gasteiger partial charge in [0.1, 0.15) is 0 Å². The lowest BCUT2D eigenvalue weighted by Crippen LogP contribution is -1.84. The number of benzene rings is 1. The Morgan fingerprint density at radius 3 is 2.17 bits per heavy atom. The first-order chi connectivity index (χ1) is 5.47. The van der Waals surface area contributed by atoms with E-state index in [-0.39, 0.29) is 0 Å².